The molecule has 3 rings (SSSR count). The molecule has 6 heteroatoms. The van der Waals surface area contributed by atoms with Crippen molar-refractivity contribution in [2.24, 2.45) is 0 Å². The van der Waals surface area contributed by atoms with E-state index in [4.69, 9.17) is 11.6 Å². The fourth-order valence-corrected chi connectivity index (χ4v) is 2.66. The Morgan fingerprint density at radius 1 is 1.25 bits per heavy atom. The average Bonchev–Trinajstić information content (AvgIpc) is 2.92. The van der Waals surface area contributed by atoms with E-state index in [2.05, 4.69) is 4.98 Å². The highest BCUT2D eigenvalue weighted by molar-refractivity contribution is 6.35. The Bertz CT molecular complexity index is 659. The molecule has 1 aliphatic heterocycles. The molecule has 1 saturated heterocycles. The lowest BCUT2D eigenvalue weighted by atomic mass is 10.2. The first kappa shape index (κ1) is 13.0. The number of aromatic nitrogens is 1. The van der Waals surface area contributed by atoms with Crippen LogP contribution in [-0.4, -0.2) is 53.3 Å². The molecule has 1 fully saturated rings. The smallest absolute Gasteiger partial charge is 0.270 e. The van der Waals surface area contributed by atoms with Gasteiger partial charge in [0.05, 0.1) is 10.5 Å². The van der Waals surface area contributed by atoms with Gasteiger partial charge in [-0.25, -0.2) is 0 Å². The molecule has 1 N–H and O–H groups in total. The lowest BCUT2D eigenvalue weighted by molar-refractivity contribution is -0.119. The number of carbonyl (C=O) groups excluding carboxylic acids is 2. The van der Waals surface area contributed by atoms with E-state index in [0.717, 1.165) is 17.3 Å². The van der Waals surface area contributed by atoms with Gasteiger partial charge in [0.1, 0.15) is 5.69 Å². The van der Waals surface area contributed by atoms with Crippen LogP contribution >= 0.6 is 11.6 Å². The second-order valence-corrected chi connectivity index (χ2v) is 5.23. The highest BCUT2D eigenvalue weighted by Gasteiger charge is 2.22. The molecule has 1 aromatic heterocycles. The van der Waals surface area contributed by atoms with Crippen molar-refractivity contribution in [3.05, 3.63) is 35.0 Å². The number of nitrogens with zero attached hydrogens (tertiary/aromatic N) is 2. The molecular weight excluding hydrogens is 278 g/mol. The zero-order chi connectivity index (χ0) is 14.1. The predicted molar refractivity (Wildman–Crippen MR) is 76.8 cm³/mol. The maximum atomic E-state index is 12.4. The summed E-state index contributed by atoms with van der Waals surface area (Å²) in [4.78, 5) is 29.6. The fraction of sp³-hybridized carbons (Fsp3) is 0.286. The number of benzene rings is 1. The number of halogens is 1. The number of aromatic amines is 1. The number of para-hydroxylation sites is 1. The van der Waals surface area contributed by atoms with Gasteiger partial charge in [-0.1, -0.05) is 23.7 Å². The van der Waals surface area contributed by atoms with Crippen LogP contribution in [0.15, 0.2) is 24.3 Å². The third kappa shape index (κ3) is 2.25. The molecule has 2 amide bonds. The average molecular weight is 292 g/mol. The molecule has 20 heavy (non-hydrogen) atoms. The molecule has 5 nitrogen and oxygen atoms in total. The van der Waals surface area contributed by atoms with E-state index >= 15 is 0 Å². The Morgan fingerprint density at radius 2 is 2.00 bits per heavy atom. The molecule has 0 aliphatic carbocycles. The van der Waals surface area contributed by atoms with Crippen LogP contribution in [0.3, 0.4) is 0 Å². The summed E-state index contributed by atoms with van der Waals surface area (Å²) in [5.74, 6) is -0.0529. The van der Waals surface area contributed by atoms with Crippen molar-refractivity contribution in [2.45, 2.75) is 0 Å². The molecule has 2 aromatic rings. The van der Waals surface area contributed by atoms with E-state index in [1.54, 1.807) is 15.9 Å². The number of carbonyl (C=O) groups is 2. The van der Waals surface area contributed by atoms with Crippen LogP contribution < -0.4 is 0 Å². The molecule has 104 valence electrons. The summed E-state index contributed by atoms with van der Waals surface area (Å²) < 4.78 is 0. The summed E-state index contributed by atoms with van der Waals surface area (Å²) in [5, 5.41) is 1.53. The number of piperazine rings is 1. The van der Waals surface area contributed by atoms with Crippen LogP contribution in [0.1, 0.15) is 10.5 Å². The van der Waals surface area contributed by atoms with Crippen LogP contribution in [-0.2, 0) is 4.79 Å². The number of fused-ring (bicyclic) bond motifs is 1. The van der Waals surface area contributed by atoms with E-state index in [1.807, 2.05) is 18.2 Å². The maximum Gasteiger partial charge on any atom is 0.270 e. The number of H-pyrrole nitrogens is 1. The first-order valence-electron chi connectivity index (χ1n) is 6.45. The van der Waals surface area contributed by atoms with E-state index in [-0.39, 0.29) is 5.91 Å². The van der Waals surface area contributed by atoms with Gasteiger partial charge in [0.25, 0.3) is 5.91 Å². The van der Waals surface area contributed by atoms with Crippen molar-refractivity contribution in [3.63, 3.8) is 0 Å². The Kier molecular flexibility index (Phi) is 3.36. The highest BCUT2D eigenvalue weighted by Crippen LogP contribution is 2.24. The summed E-state index contributed by atoms with van der Waals surface area (Å²) in [5.41, 5.74) is 1.32. The van der Waals surface area contributed by atoms with Gasteiger partial charge < -0.3 is 14.8 Å². The highest BCUT2D eigenvalue weighted by atomic mass is 35.5. The van der Waals surface area contributed by atoms with E-state index in [1.165, 1.54) is 0 Å². The first-order valence-corrected chi connectivity index (χ1v) is 6.82. The quantitative estimate of drug-likeness (QED) is 0.857. The first-order chi connectivity index (χ1) is 9.69. The third-order valence-corrected chi connectivity index (χ3v) is 3.90. The van der Waals surface area contributed by atoms with Crippen LogP contribution in [0.2, 0.25) is 5.02 Å². The van der Waals surface area contributed by atoms with Gasteiger partial charge in [-0.05, 0) is 12.1 Å². The predicted octanol–water partition coefficient (Wildman–Crippen LogP) is 1.74. The molecule has 1 aliphatic rings. The largest absolute Gasteiger partial charge is 0.349 e. The number of hydrogen-bond acceptors (Lipinski definition) is 2. The molecule has 1 aromatic carbocycles. The molecular formula is C14H14ClN3O2. The van der Waals surface area contributed by atoms with Crippen molar-refractivity contribution < 1.29 is 9.59 Å². The Hall–Kier alpha value is -2.01. The fourth-order valence-electron chi connectivity index (χ4n) is 2.44. The van der Waals surface area contributed by atoms with E-state index in [0.29, 0.717) is 36.9 Å². The lowest BCUT2D eigenvalue weighted by Crippen LogP contribution is -2.48. The van der Waals surface area contributed by atoms with E-state index in [9.17, 15) is 9.59 Å². The number of hydrogen-bond donors (Lipinski definition) is 1. The lowest BCUT2D eigenvalue weighted by Gasteiger charge is -2.32. The van der Waals surface area contributed by atoms with E-state index < -0.39 is 0 Å². The van der Waals surface area contributed by atoms with Crippen molar-refractivity contribution in [2.75, 3.05) is 26.2 Å². The van der Waals surface area contributed by atoms with Gasteiger partial charge in [0, 0.05) is 31.6 Å². The van der Waals surface area contributed by atoms with Crippen molar-refractivity contribution in [3.8, 4) is 0 Å². The van der Waals surface area contributed by atoms with Crippen molar-refractivity contribution in [1.29, 1.82) is 0 Å². The summed E-state index contributed by atoms with van der Waals surface area (Å²) in [6, 6.07) is 7.38. The second-order valence-electron chi connectivity index (χ2n) is 4.82. The minimum absolute atomic E-state index is 0.0529. The van der Waals surface area contributed by atoms with Crippen LogP contribution in [0.5, 0.6) is 0 Å². The SMILES string of the molecule is O=CN1CCN(C(=O)c2cc3cccc(Cl)c3[nH]2)CC1. The van der Waals surface area contributed by atoms with Crippen LogP contribution in [0, 0.1) is 0 Å². The molecule has 0 radical (unpaired) electrons. The minimum Gasteiger partial charge on any atom is -0.349 e. The van der Waals surface area contributed by atoms with Gasteiger partial charge >= 0.3 is 0 Å². The zero-order valence-electron chi connectivity index (χ0n) is 10.8. The molecule has 0 spiro atoms. The van der Waals surface area contributed by atoms with Gasteiger partial charge in [0.2, 0.25) is 6.41 Å². The minimum atomic E-state index is -0.0529. The molecule has 0 saturated carbocycles. The third-order valence-electron chi connectivity index (χ3n) is 3.59. The van der Waals surface area contributed by atoms with Crippen molar-refractivity contribution >= 4 is 34.8 Å². The molecule has 0 unspecified atom stereocenters. The Labute approximate surface area is 121 Å². The standard InChI is InChI=1S/C14H14ClN3O2/c15-11-3-1-2-10-8-12(16-13(10)11)14(20)18-6-4-17(9-19)5-7-18/h1-3,8-9,16H,4-7H2. The molecule has 0 bridgehead atoms. The summed E-state index contributed by atoms with van der Waals surface area (Å²) in [6.07, 6.45) is 0.824. The number of amides is 2. The Morgan fingerprint density at radius 3 is 2.65 bits per heavy atom. The van der Waals surface area contributed by atoms with Gasteiger partial charge in [-0.2, -0.15) is 0 Å². The number of nitrogens with one attached hydrogen (secondary N) is 1. The van der Waals surface area contributed by atoms with Gasteiger partial charge in [0.15, 0.2) is 0 Å². The molecule has 0 atom stereocenters. The monoisotopic (exact) mass is 291 g/mol. The zero-order valence-corrected chi connectivity index (χ0v) is 11.6. The van der Waals surface area contributed by atoms with Crippen LogP contribution in [0.25, 0.3) is 10.9 Å². The summed E-state index contributed by atoms with van der Waals surface area (Å²) in [7, 11) is 0. The maximum absolute atomic E-state index is 12.4. The topological polar surface area (TPSA) is 56.4 Å². The Balaban J connectivity index is 1.82. The van der Waals surface area contributed by atoms with Gasteiger partial charge in [-0.3, -0.25) is 9.59 Å². The normalized spacial score (nSPS) is 15.7. The summed E-state index contributed by atoms with van der Waals surface area (Å²) >= 11 is 6.10. The summed E-state index contributed by atoms with van der Waals surface area (Å²) in [6.45, 7) is 2.27. The van der Waals surface area contributed by atoms with Gasteiger partial charge in [-0.15, -0.1) is 0 Å². The van der Waals surface area contributed by atoms with Crippen molar-refractivity contribution in [1.82, 2.24) is 14.8 Å². The number of rotatable bonds is 2. The molecule has 2 heterocycles. The van der Waals surface area contributed by atoms with Crippen LogP contribution in [0.4, 0.5) is 0 Å². The second kappa shape index (κ2) is 5.17.